The fourth-order valence-corrected chi connectivity index (χ4v) is 6.30. The van der Waals surface area contributed by atoms with Gasteiger partial charge in [-0.25, -0.2) is 4.18 Å². The minimum atomic E-state index is -3.99. The molecule has 6 heteroatoms. The molecule has 0 aliphatic carbocycles. The first-order valence-corrected chi connectivity index (χ1v) is 17.6. The van der Waals surface area contributed by atoms with E-state index in [9.17, 15) is 8.42 Å². The predicted octanol–water partition coefficient (Wildman–Crippen LogP) is 9.77. The molecule has 0 saturated carbocycles. The highest BCUT2D eigenvalue weighted by Crippen LogP contribution is 2.24. The first-order valence-electron chi connectivity index (χ1n) is 16.2. The Balaban J connectivity index is 1.70. The molecule has 2 aromatic carbocycles. The van der Waals surface area contributed by atoms with Crippen LogP contribution in [0.25, 0.3) is 0 Å². The second-order valence-corrected chi connectivity index (χ2v) is 12.9. The molecule has 5 nitrogen and oxygen atoms in total. The summed E-state index contributed by atoms with van der Waals surface area (Å²) in [6.07, 6.45) is 18.3. The zero-order valence-electron chi connectivity index (χ0n) is 26.0. The van der Waals surface area contributed by atoms with Crippen molar-refractivity contribution in [1.29, 1.82) is 0 Å². The maximum absolute atomic E-state index is 13.2. The van der Waals surface area contributed by atoms with E-state index in [2.05, 4.69) is 6.92 Å². The number of rotatable bonds is 25. The molecule has 0 aliphatic rings. The maximum atomic E-state index is 13.2. The Hall–Kier alpha value is -1.73. The van der Waals surface area contributed by atoms with Crippen molar-refractivity contribution in [2.24, 2.45) is 5.92 Å². The van der Waals surface area contributed by atoms with Gasteiger partial charge in [-0.1, -0.05) is 146 Å². The van der Waals surface area contributed by atoms with Crippen LogP contribution in [-0.2, 0) is 30.4 Å². The van der Waals surface area contributed by atoms with Gasteiger partial charge in [0, 0.05) is 12.5 Å². The molecule has 0 aromatic heterocycles. The SMILES string of the molecule is CCCCCCCCCCCCCCCCOCC(CC)C(OCc1ccccc1)OS(=O)(=O)c1ccccc1C. The van der Waals surface area contributed by atoms with Crippen LogP contribution < -0.4 is 0 Å². The lowest BCUT2D eigenvalue weighted by Gasteiger charge is -2.26. The summed E-state index contributed by atoms with van der Waals surface area (Å²) in [6, 6.07) is 16.6. The van der Waals surface area contributed by atoms with Gasteiger partial charge in [-0.2, -0.15) is 8.42 Å². The smallest absolute Gasteiger partial charge is 0.299 e. The second-order valence-electron chi connectivity index (χ2n) is 11.3. The van der Waals surface area contributed by atoms with Crippen molar-refractivity contribution in [2.45, 2.75) is 135 Å². The third-order valence-electron chi connectivity index (χ3n) is 7.72. The predicted molar refractivity (Wildman–Crippen MR) is 169 cm³/mol. The number of hydrogen-bond acceptors (Lipinski definition) is 5. The van der Waals surface area contributed by atoms with E-state index in [4.69, 9.17) is 13.7 Å². The second kappa shape index (κ2) is 21.9. The average molecular weight is 589 g/mol. The molecular weight excluding hydrogens is 532 g/mol. The summed E-state index contributed by atoms with van der Waals surface area (Å²) in [5.74, 6) is -0.204. The molecular formula is C35H56O5S. The third kappa shape index (κ3) is 15.3. The van der Waals surface area contributed by atoms with Crippen LogP contribution >= 0.6 is 0 Å². The van der Waals surface area contributed by atoms with Crippen molar-refractivity contribution in [3.8, 4) is 0 Å². The maximum Gasteiger partial charge on any atom is 0.299 e. The van der Waals surface area contributed by atoms with Crippen molar-refractivity contribution in [3.05, 3.63) is 65.7 Å². The van der Waals surface area contributed by atoms with E-state index in [0.29, 0.717) is 25.2 Å². The van der Waals surface area contributed by atoms with Crippen molar-refractivity contribution in [3.63, 3.8) is 0 Å². The summed E-state index contributed by atoms with van der Waals surface area (Å²) in [5.41, 5.74) is 1.61. The highest BCUT2D eigenvalue weighted by atomic mass is 32.2. The van der Waals surface area contributed by atoms with Gasteiger partial charge in [0.15, 0.2) is 6.29 Å². The first-order chi connectivity index (χ1) is 20.0. The fourth-order valence-electron chi connectivity index (χ4n) is 5.03. The van der Waals surface area contributed by atoms with Crippen LogP contribution in [0.5, 0.6) is 0 Å². The molecule has 0 heterocycles. The van der Waals surface area contributed by atoms with E-state index >= 15 is 0 Å². The topological polar surface area (TPSA) is 61.8 Å². The molecule has 0 N–H and O–H groups in total. The monoisotopic (exact) mass is 588 g/mol. The lowest BCUT2D eigenvalue weighted by Crippen LogP contribution is -2.33. The normalized spacial score (nSPS) is 13.3. The van der Waals surface area contributed by atoms with Gasteiger partial charge in [0.1, 0.15) is 0 Å². The molecule has 41 heavy (non-hydrogen) atoms. The van der Waals surface area contributed by atoms with Crippen LogP contribution in [0.3, 0.4) is 0 Å². The van der Waals surface area contributed by atoms with Crippen molar-refractivity contribution in [1.82, 2.24) is 0 Å². The quantitative estimate of drug-likeness (QED) is 0.0656. The molecule has 2 unspecified atom stereocenters. The standard InChI is InChI=1S/C35H56O5S/c1-4-6-7-8-9-10-11-12-13-14-15-16-17-23-28-38-30-33(5-2)35(39-29-32-25-19-18-20-26-32)40-41(36,37)34-27-22-21-24-31(34)3/h18-22,24-27,33,35H,4-17,23,28-30H2,1-3H3. The Morgan fingerprint density at radius 3 is 1.78 bits per heavy atom. The lowest BCUT2D eigenvalue weighted by atomic mass is 10.0. The minimum absolute atomic E-state index is 0.173. The van der Waals surface area contributed by atoms with Gasteiger partial charge in [0.2, 0.25) is 0 Å². The van der Waals surface area contributed by atoms with Crippen molar-refractivity contribution in [2.75, 3.05) is 13.2 Å². The van der Waals surface area contributed by atoms with Crippen molar-refractivity contribution < 1.29 is 22.1 Å². The summed E-state index contributed by atoms with van der Waals surface area (Å²) in [4.78, 5) is 0.173. The van der Waals surface area contributed by atoms with Crippen molar-refractivity contribution >= 4 is 10.1 Å². The summed E-state index contributed by atoms with van der Waals surface area (Å²) >= 11 is 0. The van der Waals surface area contributed by atoms with Crippen LogP contribution in [-0.4, -0.2) is 27.9 Å². The zero-order chi connectivity index (χ0) is 29.6. The van der Waals surface area contributed by atoms with Gasteiger partial charge in [0.05, 0.1) is 18.1 Å². The Morgan fingerprint density at radius 1 is 0.683 bits per heavy atom. The van der Waals surface area contributed by atoms with E-state index in [1.54, 1.807) is 25.1 Å². The van der Waals surface area contributed by atoms with Gasteiger partial charge >= 0.3 is 0 Å². The van der Waals surface area contributed by atoms with E-state index < -0.39 is 16.4 Å². The molecule has 0 amide bonds. The zero-order valence-corrected chi connectivity index (χ0v) is 26.8. The summed E-state index contributed by atoms with van der Waals surface area (Å²) in [5, 5.41) is 0. The summed E-state index contributed by atoms with van der Waals surface area (Å²) in [6.45, 7) is 7.40. The fraction of sp³-hybridized carbons (Fsp3) is 0.657. The van der Waals surface area contributed by atoms with Gasteiger partial charge in [-0.05, 0) is 37.0 Å². The van der Waals surface area contributed by atoms with Gasteiger partial charge in [0.25, 0.3) is 10.1 Å². The number of aryl methyl sites for hydroxylation is 1. The third-order valence-corrected chi connectivity index (χ3v) is 9.16. The van der Waals surface area contributed by atoms with Gasteiger partial charge in [-0.15, -0.1) is 0 Å². The van der Waals surface area contributed by atoms with E-state index in [-0.39, 0.29) is 17.4 Å². The number of benzene rings is 2. The summed E-state index contributed by atoms with van der Waals surface area (Å²) < 4.78 is 44.2. The largest absolute Gasteiger partial charge is 0.381 e. The molecule has 232 valence electrons. The van der Waals surface area contributed by atoms with Crippen LogP contribution in [0, 0.1) is 12.8 Å². The molecule has 2 aromatic rings. The Morgan fingerprint density at radius 2 is 1.22 bits per heavy atom. The van der Waals surface area contributed by atoms with E-state index in [1.165, 1.54) is 83.5 Å². The molecule has 0 spiro atoms. The van der Waals surface area contributed by atoms with Crippen LogP contribution in [0.15, 0.2) is 59.5 Å². The Bertz CT molecular complexity index is 1010. The Kier molecular flexibility index (Phi) is 18.9. The lowest BCUT2D eigenvalue weighted by molar-refractivity contribution is -0.136. The first kappa shape index (κ1) is 35.5. The van der Waals surface area contributed by atoms with Crippen LogP contribution in [0.2, 0.25) is 0 Å². The van der Waals surface area contributed by atoms with Crippen LogP contribution in [0.4, 0.5) is 0 Å². The molecule has 2 atom stereocenters. The molecule has 2 rings (SSSR count). The molecule has 0 fully saturated rings. The van der Waals surface area contributed by atoms with Crippen LogP contribution in [0.1, 0.15) is 121 Å². The molecule has 0 radical (unpaired) electrons. The highest BCUT2D eigenvalue weighted by Gasteiger charge is 2.30. The number of hydrogen-bond donors (Lipinski definition) is 0. The van der Waals surface area contributed by atoms with E-state index in [0.717, 1.165) is 12.0 Å². The molecule has 0 aliphatic heterocycles. The van der Waals surface area contributed by atoms with Gasteiger partial charge in [-0.3, -0.25) is 0 Å². The molecule has 0 saturated heterocycles. The van der Waals surface area contributed by atoms with E-state index in [1.807, 2.05) is 43.3 Å². The number of unbranched alkanes of at least 4 members (excludes halogenated alkanes) is 13. The minimum Gasteiger partial charge on any atom is -0.381 e. The Labute approximate surface area is 251 Å². The average Bonchev–Trinajstić information content (AvgIpc) is 2.98. The molecule has 0 bridgehead atoms. The highest BCUT2D eigenvalue weighted by molar-refractivity contribution is 7.86. The van der Waals surface area contributed by atoms with Gasteiger partial charge < -0.3 is 9.47 Å². The summed E-state index contributed by atoms with van der Waals surface area (Å²) in [7, 11) is -3.99. The number of ether oxygens (including phenoxy) is 2.